The molecule has 0 spiro atoms. The van der Waals surface area contributed by atoms with Crippen molar-refractivity contribution in [1.29, 1.82) is 0 Å². The van der Waals surface area contributed by atoms with Crippen LogP contribution >= 0.6 is 0 Å². The van der Waals surface area contributed by atoms with Gasteiger partial charge < -0.3 is 15.4 Å². The lowest BCUT2D eigenvalue weighted by Crippen LogP contribution is -2.39. The first-order valence-electron chi connectivity index (χ1n) is 9.33. The number of hydrogen-bond donors (Lipinski definition) is 2. The lowest BCUT2D eigenvalue weighted by molar-refractivity contribution is -0.546. The van der Waals surface area contributed by atoms with Crippen LogP contribution < -0.4 is 19.9 Å². The van der Waals surface area contributed by atoms with Crippen LogP contribution in [0, 0.1) is 5.82 Å². The van der Waals surface area contributed by atoms with Gasteiger partial charge in [-0.05, 0) is 42.2 Å². The summed E-state index contributed by atoms with van der Waals surface area (Å²) in [5.41, 5.74) is 2.44. The molecule has 0 saturated carbocycles. The summed E-state index contributed by atoms with van der Waals surface area (Å²) in [6.07, 6.45) is 7.91. The van der Waals surface area contributed by atoms with Crippen LogP contribution in [-0.4, -0.2) is 36.4 Å². The fourth-order valence-corrected chi connectivity index (χ4v) is 3.07. The number of rotatable bonds is 7. The maximum absolute atomic E-state index is 14.6. The number of nitrogens with zero attached hydrogens (tertiary/aromatic N) is 4. The van der Waals surface area contributed by atoms with Crippen molar-refractivity contribution in [2.45, 2.75) is 12.8 Å². The van der Waals surface area contributed by atoms with E-state index in [1.54, 1.807) is 24.8 Å². The number of carbonyl (C=O) groups excluding carboxylic acids is 1. The van der Waals surface area contributed by atoms with E-state index in [1.807, 2.05) is 22.9 Å². The Kier molecular flexibility index (Phi) is 5.34. The Morgan fingerprint density at radius 3 is 2.63 bits per heavy atom. The number of aryl methyl sites for hydroxylation is 2. The molecule has 2 N–H and O–H groups in total. The summed E-state index contributed by atoms with van der Waals surface area (Å²) in [6.45, 7) is 0. The van der Waals surface area contributed by atoms with Crippen molar-refractivity contribution in [3.05, 3.63) is 65.4 Å². The standard InChI is InChI=1S/C21H19FN6O2/c1-23-20(29)15-7-14(19(22)17(8-15)30-2)4-3-13-9-24-21(25-10-13)27-16-5-6-18-26-12-28(18)11-16/h5-12H,3-4H2,1-2H3,(H-,23,24,25,27,29)/p+1. The molecule has 3 aromatic rings. The van der Waals surface area contributed by atoms with Gasteiger partial charge in [-0.1, -0.05) is 4.99 Å². The highest BCUT2D eigenvalue weighted by molar-refractivity contribution is 5.94. The lowest BCUT2D eigenvalue weighted by Gasteiger charge is -2.11. The number of ether oxygens (including phenoxy) is 1. The molecule has 1 amide bonds. The molecule has 1 aromatic carbocycles. The molecular weight excluding hydrogens is 387 g/mol. The Labute approximate surface area is 172 Å². The molecule has 8 nitrogen and oxygen atoms in total. The molecule has 0 unspecified atom stereocenters. The summed E-state index contributed by atoms with van der Waals surface area (Å²) >= 11 is 0. The number of fused-ring (bicyclic) bond motifs is 1. The zero-order valence-electron chi connectivity index (χ0n) is 16.5. The fourth-order valence-electron chi connectivity index (χ4n) is 3.07. The number of amides is 1. The molecule has 0 aliphatic carbocycles. The second-order valence-corrected chi connectivity index (χ2v) is 6.70. The van der Waals surface area contributed by atoms with Crippen molar-refractivity contribution in [3.8, 4) is 5.75 Å². The van der Waals surface area contributed by atoms with E-state index in [4.69, 9.17) is 4.74 Å². The first kappa shape index (κ1) is 19.4. The lowest BCUT2D eigenvalue weighted by atomic mass is 10.0. The van der Waals surface area contributed by atoms with Crippen molar-refractivity contribution >= 4 is 29.7 Å². The number of hydrogen-bond acceptors (Lipinski definition) is 6. The van der Waals surface area contributed by atoms with Crippen molar-refractivity contribution in [3.63, 3.8) is 0 Å². The smallest absolute Gasteiger partial charge is 0.270 e. The van der Waals surface area contributed by atoms with Gasteiger partial charge in [0.05, 0.1) is 19.0 Å². The molecule has 0 fully saturated rings. The predicted octanol–water partition coefficient (Wildman–Crippen LogP) is 2.32. The number of nitrogens with one attached hydrogen (secondary N) is 2. The first-order valence-corrected chi connectivity index (χ1v) is 9.33. The highest BCUT2D eigenvalue weighted by atomic mass is 19.1. The summed E-state index contributed by atoms with van der Waals surface area (Å²) in [6, 6.07) is 6.73. The molecule has 2 aromatic heterocycles. The molecule has 3 heterocycles. The molecule has 0 saturated heterocycles. The van der Waals surface area contributed by atoms with Gasteiger partial charge in [0.1, 0.15) is 0 Å². The van der Waals surface area contributed by atoms with Crippen LogP contribution in [0.1, 0.15) is 21.5 Å². The molecule has 4 rings (SSSR count). The van der Waals surface area contributed by atoms with Gasteiger partial charge in [-0.15, -0.1) is 0 Å². The van der Waals surface area contributed by atoms with Crippen LogP contribution in [0.3, 0.4) is 0 Å². The maximum atomic E-state index is 14.6. The topological polar surface area (TPSA) is 92.4 Å². The predicted molar refractivity (Wildman–Crippen MR) is 109 cm³/mol. The first-order chi connectivity index (χ1) is 14.6. The van der Waals surface area contributed by atoms with E-state index in [1.165, 1.54) is 20.2 Å². The summed E-state index contributed by atoms with van der Waals surface area (Å²) in [5.74, 6) is 0.634. The SMILES string of the molecule is CNC(=O)c1cc(CCc2cnc(Nc3ccc4[n+](c3)C=N4)nc2)c(F)c(OC)c1. The minimum absolute atomic E-state index is 0.0448. The number of halogens is 1. The third-order valence-electron chi connectivity index (χ3n) is 4.74. The van der Waals surface area contributed by atoms with Crippen molar-refractivity contribution in [2.24, 2.45) is 4.99 Å². The second kappa shape index (κ2) is 8.24. The van der Waals surface area contributed by atoms with Crippen molar-refractivity contribution < 1.29 is 18.5 Å². The van der Waals surface area contributed by atoms with Gasteiger partial charge >= 0.3 is 0 Å². The van der Waals surface area contributed by atoms with Gasteiger partial charge in [0, 0.05) is 31.1 Å². The number of anilines is 2. The van der Waals surface area contributed by atoms with Crippen LogP contribution in [-0.2, 0) is 12.8 Å². The van der Waals surface area contributed by atoms with E-state index < -0.39 is 5.82 Å². The summed E-state index contributed by atoms with van der Waals surface area (Å²) < 4.78 is 21.5. The average Bonchev–Trinajstić information content (AvgIpc) is 2.75. The number of carbonyl (C=O) groups is 1. The molecule has 1 aliphatic rings. The summed E-state index contributed by atoms with van der Waals surface area (Å²) in [4.78, 5) is 24.7. The number of aromatic nitrogens is 3. The van der Waals surface area contributed by atoms with Crippen LogP contribution in [0.15, 0.2) is 47.8 Å². The molecule has 0 radical (unpaired) electrons. The van der Waals surface area contributed by atoms with Crippen LogP contribution in [0.25, 0.3) is 0 Å². The maximum Gasteiger partial charge on any atom is 0.270 e. The highest BCUT2D eigenvalue weighted by Crippen LogP contribution is 2.24. The van der Waals surface area contributed by atoms with Crippen LogP contribution in [0.2, 0.25) is 0 Å². The Balaban J connectivity index is 1.44. The number of benzene rings is 1. The molecule has 1 aliphatic heterocycles. The van der Waals surface area contributed by atoms with E-state index in [0.717, 1.165) is 17.1 Å². The third-order valence-corrected chi connectivity index (χ3v) is 4.74. The van der Waals surface area contributed by atoms with E-state index >= 15 is 0 Å². The van der Waals surface area contributed by atoms with Crippen LogP contribution in [0.4, 0.5) is 21.8 Å². The van der Waals surface area contributed by atoms with E-state index in [-0.39, 0.29) is 11.7 Å². The third kappa shape index (κ3) is 3.95. The van der Waals surface area contributed by atoms with E-state index in [9.17, 15) is 9.18 Å². The van der Waals surface area contributed by atoms with E-state index in [0.29, 0.717) is 29.9 Å². The number of methoxy groups -OCH3 is 1. The zero-order chi connectivity index (χ0) is 21.1. The van der Waals surface area contributed by atoms with Gasteiger partial charge in [-0.3, -0.25) is 4.79 Å². The van der Waals surface area contributed by atoms with Crippen molar-refractivity contribution in [1.82, 2.24) is 15.3 Å². The van der Waals surface area contributed by atoms with Gasteiger partial charge in [0.2, 0.25) is 12.3 Å². The molecule has 152 valence electrons. The minimum Gasteiger partial charge on any atom is -0.494 e. The quantitative estimate of drug-likeness (QED) is 0.459. The summed E-state index contributed by atoms with van der Waals surface area (Å²) in [5, 5.41) is 5.67. The largest absolute Gasteiger partial charge is 0.494 e. The molecule has 9 heteroatoms. The number of aliphatic imine (C=N–C) groups is 1. The van der Waals surface area contributed by atoms with Gasteiger partial charge in [-0.2, -0.15) is 0 Å². The van der Waals surface area contributed by atoms with Gasteiger partial charge in [0.25, 0.3) is 11.7 Å². The molecule has 0 atom stereocenters. The summed E-state index contributed by atoms with van der Waals surface area (Å²) in [7, 11) is 2.90. The van der Waals surface area contributed by atoms with E-state index in [2.05, 4.69) is 25.6 Å². The fraction of sp³-hybridized carbons (Fsp3) is 0.190. The second-order valence-electron chi connectivity index (χ2n) is 6.70. The van der Waals surface area contributed by atoms with Crippen molar-refractivity contribution in [2.75, 3.05) is 19.5 Å². The average molecular weight is 407 g/mol. The number of pyridine rings is 1. The Bertz CT molecular complexity index is 1130. The minimum atomic E-state index is -0.467. The monoisotopic (exact) mass is 407 g/mol. The Hall–Kier alpha value is -3.88. The Morgan fingerprint density at radius 1 is 1.20 bits per heavy atom. The molecular formula is C21H20FN6O2+. The highest BCUT2D eigenvalue weighted by Gasteiger charge is 2.16. The van der Waals surface area contributed by atoms with Gasteiger partial charge in [-0.25, -0.2) is 18.9 Å². The van der Waals surface area contributed by atoms with Crippen LogP contribution in [0.5, 0.6) is 5.75 Å². The molecule has 0 bridgehead atoms. The molecule has 30 heavy (non-hydrogen) atoms. The van der Waals surface area contributed by atoms with Gasteiger partial charge in [0.15, 0.2) is 11.6 Å². The zero-order valence-corrected chi connectivity index (χ0v) is 16.5. The Morgan fingerprint density at radius 2 is 2.00 bits per heavy atom. The normalized spacial score (nSPS) is 11.4.